The van der Waals surface area contributed by atoms with E-state index in [1.807, 2.05) is 0 Å². The second-order valence-corrected chi connectivity index (χ2v) is 3.13. The zero-order valence-corrected chi connectivity index (χ0v) is 8.58. The minimum atomic E-state index is -0.158. The maximum atomic E-state index is 11.0. The van der Waals surface area contributed by atoms with Crippen molar-refractivity contribution in [1.82, 2.24) is 0 Å². The Kier molecular flexibility index (Phi) is 3.90. The van der Waals surface area contributed by atoms with E-state index < -0.39 is 0 Å². The van der Waals surface area contributed by atoms with Gasteiger partial charge in [0.25, 0.3) is 0 Å². The van der Waals surface area contributed by atoms with E-state index in [9.17, 15) is 9.90 Å². The molecule has 0 bridgehead atoms. The molecular formula is C12H13NO2. The Morgan fingerprint density at radius 1 is 1.53 bits per heavy atom. The third-order valence-electron chi connectivity index (χ3n) is 1.88. The van der Waals surface area contributed by atoms with Crippen molar-refractivity contribution in [2.24, 2.45) is 5.73 Å². The predicted molar refractivity (Wildman–Crippen MR) is 58.7 cm³/mol. The summed E-state index contributed by atoms with van der Waals surface area (Å²) in [6.07, 6.45) is 0.620. The first-order valence-corrected chi connectivity index (χ1v) is 4.68. The van der Waals surface area contributed by atoms with Gasteiger partial charge in [-0.05, 0) is 25.1 Å². The summed E-state index contributed by atoms with van der Waals surface area (Å²) in [6.45, 7) is 1.93. The number of phenolic OH excluding ortho intramolecular Hbond substituents is 1. The molecule has 3 nitrogen and oxygen atoms in total. The number of nitrogens with two attached hydrogens (primary N) is 1. The van der Waals surface area contributed by atoms with E-state index in [4.69, 9.17) is 5.73 Å². The van der Waals surface area contributed by atoms with Gasteiger partial charge in [-0.1, -0.05) is 11.8 Å². The highest BCUT2D eigenvalue weighted by atomic mass is 16.3. The van der Waals surface area contributed by atoms with E-state index in [0.717, 1.165) is 0 Å². The number of hydrogen-bond donors (Lipinski definition) is 2. The topological polar surface area (TPSA) is 63.3 Å². The second-order valence-electron chi connectivity index (χ2n) is 3.13. The number of ketones is 1. The summed E-state index contributed by atoms with van der Waals surface area (Å²) in [6, 6.07) is 4.77. The maximum absolute atomic E-state index is 11.0. The zero-order chi connectivity index (χ0) is 11.3. The average molecular weight is 203 g/mol. The van der Waals surface area contributed by atoms with Gasteiger partial charge in [-0.2, -0.15) is 0 Å². The smallest absolute Gasteiger partial charge is 0.163 e. The molecule has 0 aliphatic carbocycles. The summed E-state index contributed by atoms with van der Waals surface area (Å²) in [7, 11) is 0. The molecule has 0 saturated carbocycles. The van der Waals surface area contributed by atoms with Crippen molar-refractivity contribution in [3.63, 3.8) is 0 Å². The molecule has 0 fully saturated rings. The molecule has 0 radical (unpaired) electrons. The van der Waals surface area contributed by atoms with Crippen molar-refractivity contribution in [2.45, 2.75) is 13.3 Å². The van der Waals surface area contributed by atoms with Gasteiger partial charge in [-0.3, -0.25) is 4.79 Å². The molecule has 0 amide bonds. The molecule has 0 saturated heterocycles. The van der Waals surface area contributed by atoms with Crippen molar-refractivity contribution in [3.05, 3.63) is 29.3 Å². The summed E-state index contributed by atoms with van der Waals surface area (Å²) in [5, 5.41) is 9.50. The first-order chi connectivity index (χ1) is 7.15. The fourth-order valence-electron chi connectivity index (χ4n) is 1.14. The number of hydrogen-bond acceptors (Lipinski definition) is 3. The SMILES string of the molecule is CC(=O)c1ccc(C#CCCN)cc1O. The van der Waals surface area contributed by atoms with Crippen molar-refractivity contribution >= 4 is 5.78 Å². The average Bonchev–Trinajstić information content (AvgIpc) is 2.17. The Bertz CT molecular complexity index is 427. The number of rotatable bonds is 2. The predicted octanol–water partition coefficient (Wildman–Crippen LogP) is 1.30. The lowest BCUT2D eigenvalue weighted by Gasteiger charge is -1.99. The van der Waals surface area contributed by atoms with Crippen LogP contribution in [0.1, 0.15) is 29.3 Å². The van der Waals surface area contributed by atoms with Crippen LogP contribution in [-0.2, 0) is 0 Å². The first kappa shape index (κ1) is 11.3. The molecule has 15 heavy (non-hydrogen) atoms. The standard InChI is InChI=1S/C12H13NO2/c1-9(14)11-6-5-10(8-12(11)15)4-2-3-7-13/h5-6,8,15H,3,7,13H2,1H3. The normalized spacial score (nSPS) is 9.20. The van der Waals surface area contributed by atoms with Crippen LogP contribution in [0.15, 0.2) is 18.2 Å². The summed E-state index contributed by atoms with van der Waals surface area (Å²) in [5.74, 6) is 5.52. The van der Waals surface area contributed by atoms with Crippen LogP contribution in [0.5, 0.6) is 5.75 Å². The van der Waals surface area contributed by atoms with E-state index in [1.165, 1.54) is 13.0 Å². The molecule has 0 aliphatic rings. The summed E-state index contributed by atoms with van der Waals surface area (Å²) in [5.41, 5.74) is 6.29. The third kappa shape index (κ3) is 3.12. The Labute approximate surface area is 88.9 Å². The molecule has 3 N–H and O–H groups in total. The van der Waals surface area contributed by atoms with Gasteiger partial charge in [0, 0.05) is 18.5 Å². The van der Waals surface area contributed by atoms with Gasteiger partial charge in [0.15, 0.2) is 5.78 Å². The number of carbonyl (C=O) groups is 1. The van der Waals surface area contributed by atoms with Crippen LogP contribution in [0, 0.1) is 11.8 Å². The van der Waals surface area contributed by atoms with E-state index in [-0.39, 0.29) is 11.5 Å². The molecule has 78 valence electrons. The van der Waals surface area contributed by atoms with Gasteiger partial charge in [-0.25, -0.2) is 0 Å². The molecule has 0 unspecified atom stereocenters. The molecule has 1 rings (SSSR count). The van der Waals surface area contributed by atoms with Crippen molar-refractivity contribution < 1.29 is 9.90 Å². The molecule has 1 aromatic rings. The zero-order valence-electron chi connectivity index (χ0n) is 8.58. The van der Waals surface area contributed by atoms with Crippen LogP contribution in [0.2, 0.25) is 0 Å². The van der Waals surface area contributed by atoms with Crippen LogP contribution in [-0.4, -0.2) is 17.4 Å². The maximum Gasteiger partial charge on any atom is 0.163 e. The highest BCUT2D eigenvalue weighted by Crippen LogP contribution is 2.18. The molecule has 0 heterocycles. The van der Waals surface area contributed by atoms with Crippen LogP contribution in [0.25, 0.3) is 0 Å². The van der Waals surface area contributed by atoms with Gasteiger partial charge in [0.05, 0.1) is 5.56 Å². The lowest BCUT2D eigenvalue weighted by atomic mass is 10.1. The Morgan fingerprint density at radius 2 is 2.27 bits per heavy atom. The minimum absolute atomic E-state index is 0.0259. The molecule has 0 spiro atoms. The van der Waals surface area contributed by atoms with Crippen molar-refractivity contribution in [2.75, 3.05) is 6.54 Å². The number of Topliss-reactive ketones (excluding diaryl/α,β-unsaturated/α-hetero) is 1. The number of benzene rings is 1. The Morgan fingerprint density at radius 3 is 2.80 bits per heavy atom. The van der Waals surface area contributed by atoms with Gasteiger partial charge < -0.3 is 10.8 Å². The number of carbonyl (C=O) groups excluding carboxylic acids is 1. The molecule has 0 aromatic heterocycles. The largest absolute Gasteiger partial charge is 0.507 e. The second kappa shape index (κ2) is 5.18. The highest BCUT2D eigenvalue weighted by molar-refractivity contribution is 5.96. The van der Waals surface area contributed by atoms with Crippen LogP contribution >= 0.6 is 0 Å². The first-order valence-electron chi connectivity index (χ1n) is 4.68. The number of phenols is 1. The lowest BCUT2D eigenvalue weighted by molar-refractivity contribution is 0.101. The summed E-state index contributed by atoms with van der Waals surface area (Å²) in [4.78, 5) is 11.0. The van der Waals surface area contributed by atoms with Gasteiger partial charge >= 0.3 is 0 Å². The Hall–Kier alpha value is -1.79. The summed E-state index contributed by atoms with van der Waals surface area (Å²) < 4.78 is 0. The van der Waals surface area contributed by atoms with E-state index >= 15 is 0 Å². The number of aromatic hydroxyl groups is 1. The third-order valence-corrected chi connectivity index (χ3v) is 1.88. The van der Waals surface area contributed by atoms with Crippen molar-refractivity contribution in [3.8, 4) is 17.6 Å². The van der Waals surface area contributed by atoms with Gasteiger partial charge in [0.2, 0.25) is 0 Å². The van der Waals surface area contributed by atoms with Crippen molar-refractivity contribution in [1.29, 1.82) is 0 Å². The van der Waals surface area contributed by atoms with Crippen LogP contribution < -0.4 is 5.73 Å². The lowest BCUT2D eigenvalue weighted by Crippen LogP contribution is -1.95. The fraction of sp³-hybridized carbons (Fsp3) is 0.250. The Balaban J connectivity index is 2.93. The van der Waals surface area contributed by atoms with Crippen LogP contribution in [0.4, 0.5) is 0 Å². The molecular weight excluding hydrogens is 190 g/mol. The van der Waals surface area contributed by atoms with Crippen LogP contribution in [0.3, 0.4) is 0 Å². The minimum Gasteiger partial charge on any atom is -0.507 e. The van der Waals surface area contributed by atoms with E-state index in [2.05, 4.69) is 11.8 Å². The molecule has 0 aliphatic heterocycles. The fourth-order valence-corrected chi connectivity index (χ4v) is 1.14. The molecule has 0 atom stereocenters. The molecule has 3 heteroatoms. The van der Waals surface area contributed by atoms with E-state index in [0.29, 0.717) is 24.1 Å². The van der Waals surface area contributed by atoms with E-state index in [1.54, 1.807) is 12.1 Å². The summed E-state index contributed by atoms with van der Waals surface area (Å²) >= 11 is 0. The highest BCUT2D eigenvalue weighted by Gasteiger charge is 2.05. The monoisotopic (exact) mass is 203 g/mol. The van der Waals surface area contributed by atoms with Gasteiger partial charge in [-0.15, -0.1) is 0 Å². The molecule has 1 aromatic carbocycles. The van der Waals surface area contributed by atoms with Gasteiger partial charge in [0.1, 0.15) is 5.75 Å². The quantitative estimate of drug-likeness (QED) is 0.562.